The van der Waals surface area contributed by atoms with Crippen LogP contribution in [0.5, 0.6) is 11.5 Å². The van der Waals surface area contributed by atoms with E-state index in [1.807, 2.05) is 76.4 Å². The van der Waals surface area contributed by atoms with E-state index in [2.05, 4.69) is 75.4 Å². The van der Waals surface area contributed by atoms with Crippen molar-refractivity contribution in [3.8, 4) is 11.5 Å². The van der Waals surface area contributed by atoms with Crippen molar-refractivity contribution in [3.63, 3.8) is 0 Å². The number of fused-ring (bicyclic) bond motifs is 2. The molecule has 0 radical (unpaired) electrons. The summed E-state index contributed by atoms with van der Waals surface area (Å²) in [6.07, 6.45) is 8.68. The standard InChI is InChI=1S/C44H56N4O5Si/c1-30(2)13-12-14-31(3)23-26-48-40-22-19-35(52-6)27-38(40)44(43(48)50)32(4)42(54(7,8)36-20-17-34(51-5)18-21-36)41(53-44)24-25-47-28-39(45-46-47)37(29-49)33-15-10-9-11-16-33/h9-11,13,15-23,27-28,32,37,41-42,49H,12,14,24-26,29H2,1-8H3/b31-23+/t32-,37?,41+,42-,44+/m1/s1. The van der Waals surface area contributed by atoms with Gasteiger partial charge in [0.15, 0.2) is 5.60 Å². The molecule has 1 fully saturated rings. The van der Waals surface area contributed by atoms with Gasteiger partial charge in [-0.15, -0.1) is 5.10 Å². The van der Waals surface area contributed by atoms with Crippen molar-refractivity contribution in [2.75, 3.05) is 32.3 Å². The maximum atomic E-state index is 15.1. The summed E-state index contributed by atoms with van der Waals surface area (Å²) in [5, 5.41) is 20.6. The average molecular weight is 749 g/mol. The number of nitrogens with zero attached hydrogens (tertiary/aromatic N) is 4. The Morgan fingerprint density at radius 2 is 1.70 bits per heavy atom. The van der Waals surface area contributed by atoms with Gasteiger partial charge in [-0.1, -0.05) is 96.2 Å². The highest BCUT2D eigenvalue weighted by Crippen LogP contribution is 2.60. The Labute approximate surface area is 321 Å². The fourth-order valence-corrected chi connectivity index (χ4v) is 12.8. The second kappa shape index (κ2) is 16.5. The SMILES string of the molecule is COc1ccc([Si](C)(C)[C@H]2[C@H](CCn3cc(C(CO)c4ccccc4)nn3)O[C@@]3(C(=O)N(C/C=C(\C)CCC=C(C)C)c4ccc(OC)cc43)[C@@H]2C)cc1. The monoisotopic (exact) mass is 748 g/mol. The van der Waals surface area contributed by atoms with Crippen molar-refractivity contribution >= 4 is 24.9 Å². The van der Waals surface area contributed by atoms with Gasteiger partial charge in [0, 0.05) is 30.8 Å². The predicted octanol–water partition coefficient (Wildman–Crippen LogP) is 7.77. The number of aryl methyl sites for hydroxylation is 1. The number of aromatic nitrogens is 3. The van der Waals surface area contributed by atoms with Gasteiger partial charge in [-0.25, -0.2) is 0 Å². The number of benzene rings is 3. The molecule has 0 aliphatic carbocycles. The van der Waals surface area contributed by atoms with E-state index in [9.17, 15) is 5.11 Å². The first-order chi connectivity index (χ1) is 25.9. The van der Waals surface area contributed by atoms with Crippen molar-refractivity contribution in [2.24, 2.45) is 5.92 Å². The number of aliphatic hydroxyl groups excluding tert-OH is 1. The molecule has 1 spiro atoms. The highest BCUT2D eigenvalue weighted by Gasteiger charge is 2.66. The lowest BCUT2D eigenvalue weighted by molar-refractivity contribution is -0.145. The van der Waals surface area contributed by atoms with Crippen LogP contribution in [0.25, 0.3) is 0 Å². The van der Waals surface area contributed by atoms with E-state index < -0.39 is 13.7 Å². The third kappa shape index (κ3) is 7.56. The summed E-state index contributed by atoms with van der Waals surface area (Å²) in [7, 11) is 1.01. The summed E-state index contributed by atoms with van der Waals surface area (Å²) in [5.74, 6) is 1.10. The van der Waals surface area contributed by atoms with Crippen LogP contribution in [-0.4, -0.2) is 67.6 Å². The Hall–Kier alpha value is -4.51. The largest absolute Gasteiger partial charge is 0.497 e. The fourth-order valence-electron chi connectivity index (χ4n) is 8.71. The zero-order chi connectivity index (χ0) is 38.6. The molecule has 1 saturated heterocycles. The number of hydrogen-bond donors (Lipinski definition) is 1. The number of rotatable bonds is 15. The molecular weight excluding hydrogens is 693 g/mol. The molecule has 286 valence electrons. The van der Waals surface area contributed by atoms with Crippen LogP contribution >= 0.6 is 0 Å². The minimum Gasteiger partial charge on any atom is -0.497 e. The van der Waals surface area contributed by atoms with Gasteiger partial charge in [0.1, 0.15) is 11.5 Å². The van der Waals surface area contributed by atoms with Crippen LogP contribution in [0.15, 0.2) is 102 Å². The predicted molar refractivity (Wildman–Crippen MR) is 217 cm³/mol. The highest BCUT2D eigenvalue weighted by atomic mass is 28.3. The number of amides is 1. The molecule has 0 saturated carbocycles. The summed E-state index contributed by atoms with van der Waals surface area (Å²) in [5.41, 5.74) is 4.92. The number of hydrogen-bond acceptors (Lipinski definition) is 7. The molecule has 10 heteroatoms. The molecule has 1 amide bonds. The minimum absolute atomic E-state index is 0.0182. The first-order valence-electron chi connectivity index (χ1n) is 19.1. The number of aliphatic hydroxyl groups is 1. The summed E-state index contributed by atoms with van der Waals surface area (Å²) < 4.78 is 20.5. The van der Waals surface area contributed by atoms with E-state index in [0.717, 1.165) is 41.1 Å². The van der Waals surface area contributed by atoms with Crippen LogP contribution in [0.2, 0.25) is 18.6 Å². The molecule has 3 aromatic carbocycles. The van der Waals surface area contributed by atoms with Gasteiger partial charge in [-0.2, -0.15) is 0 Å². The fraction of sp³-hybridized carbons (Fsp3) is 0.432. The molecule has 2 aliphatic heterocycles. The second-order valence-corrected chi connectivity index (χ2v) is 20.4. The molecule has 1 aromatic heterocycles. The van der Waals surface area contributed by atoms with Gasteiger partial charge in [-0.3, -0.25) is 9.48 Å². The molecular formula is C44H56N4O5Si. The first kappa shape index (κ1) is 39.2. The molecule has 5 atom stereocenters. The van der Waals surface area contributed by atoms with Crippen molar-refractivity contribution in [2.45, 2.75) is 89.8 Å². The first-order valence-corrected chi connectivity index (χ1v) is 22.2. The molecule has 1 N–H and O–H groups in total. The normalized spacial score (nSPS) is 21.7. The molecule has 3 heterocycles. The smallest absolute Gasteiger partial charge is 0.264 e. The van der Waals surface area contributed by atoms with Gasteiger partial charge in [-0.05, 0) is 81.5 Å². The highest BCUT2D eigenvalue weighted by molar-refractivity contribution is 6.91. The van der Waals surface area contributed by atoms with Crippen LogP contribution in [0.1, 0.15) is 69.7 Å². The third-order valence-corrected chi connectivity index (χ3v) is 16.1. The summed E-state index contributed by atoms with van der Waals surface area (Å²) in [4.78, 5) is 17.1. The van der Waals surface area contributed by atoms with Crippen molar-refractivity contribution in [1.82, 2.24) is 15.0 Å². The maximum absolute atomic E-state index is 15.1. The van der Waals surface area contributed by atoms with E-state index in [4.69, 9.17) is 14.2 Å². The molecule has 9 nitrogen and oxygen atoms in total. The van der Waals surface area contributed by atoms with Crippen LogP contribution in [0.3, 0.4) is 0 Å². The molecule has 6 rings (SSSR count). The topological polar surface area (TPSA) is 98.9 Å². The number of carbonyl (C=O) groups excluding carboxylic acids is 1. The Balaban J connectivity index is 1.36. The summed E-state index contributed by atoms with van der Waals surface area (Å²) in [6.45, 7) is 14.4. The molecule has 1 unspecified atom stereocenters. The second-order valence-electron chi connectivity index (χ2n) is 15.7. The summed E-state index contributed by atoms with van der Waals surface area (Å²) in [6, 6.07) is 24.3. The van der Waals surface area contributed by atoms with E-state index >= 15 is 4.79 Å². The minimum atomic E-state index is -2.34. The molecule has 4 aromatic rings. The Morgan fingerprint density at radius 3 is 2.37 bits per heavy atom. The number of methoxy groups -OCH3 is 2. The Morgan fingerprint density at radius 1 is 1.00 bits per heavy atom. The van der Waals surface area contributed by atoms with Gasteiger partial charge >= 0.3 is 0 Å². The van der Waals surface area contributed by atoms with Gasteiger partial charge in [0.05, 0.1) is 52.3 Å². The van der Waals surface area contributed by atoms with E-state index in [-0.39, 0.29) is 36.0 Å². The zero-order valence-corrected chi connectivity index (χ0v) is 34.1. The van der Waals surface area contributed by atoms with Crippen molar-refractivity contribution in [1.29, 1.82) is 0 Å². The third-order valence-electron chi connectivity index (χ3n) is 11.7. The zero-order valence-electron chi connectivity index (χ0n) is 33.1. The van der Waals surface area contributed by atoms with E-state index in [1.54, 1.807) is 14.2 Å². The van der Waals surface area contributed by atoms with Gasteiger partial charge < -0.3 is 24.2 Å². The van der Waals surface area contributed by atoms with E-state index in [0.29, 0.717) is 25.3 Å². The number of allylic oxidation sites excluding steroid dienone is 3. The number of carbonyl (C=O) groups is 1. The van der Waals surface area contributed by atoms with Crippen LogP contribution in [0.4, 0.5) is 5.69 Å². The maximum Gasteiger partial charge on any atom is 0.264 e. The molecule has 0 bridgehead atoms. The van der Waals surface area contributed by atoms with Gasteiger partial charge in [0.25, 0.3) is 5.91 Å². The number of ether oxygens (including phenoxy) is 3. The van der Waals surface area contributed by atoms with Gasteiger partial charge in [0.2, 0.25) is 0 Å². The molecule has 2 aliphatic rings. The lowest BCUT2D eigenvalue weighted by atomic mass is 9.82. The Kier molecular flexibility index (Phi) is 11.9. The number of anilines is 1. The summed E-state index contributed by atoms with van der Waals surface area (Å²) >= 11 is 0. The van der Waals surface area contributed by atoms with Crippen LogP contribution < -0.4 is 19.6 Å². The van der Waals surface area contributed by atoms with E-state index in [1.165, 1.54) is 16.3 Å². The Bertz CT molecular complexity index is 1970. The van der Waals surface area contributed by atoms with Crippen LogP contribution in [-0.2, 0) is 21.7 Å². The lowest BCUT2D eigenvalue weighted by Crippen LogP contribution is -2.52. The average Bonchev–Trinajstić information content (AvgIpc) is 3.83. The van der Waals surface area contributed by atoms with Crippen molar-refractivity contribution in [3.05, 3.63) is 119 Å². The molecule has 54 heavy (non-hydrogen) atoms. The van der Waals surface area contributed by atoms with Crippen LogP contribution in [0, 0.1) is 5.92 Å². The van der Waals surface area contributed by atoms with Crippen molar-refractivity contribution < 1.29 is 24.1 Å². The lowest BCUT2D eigenvalue weighted by Gasteiger charge is -2.37. The quantitative estimate of drug-likeness (QED) is 0.0981.